The van der Waals surface area contributed by atoms with Crippen LogP contribution in [0.15, 0.2) is 42.5 Å². The minimum atomic E-state index is -0.0813. The molecule has 0 unspecified atom stereocenters. The first-order chi connectivity index (χ1) is 10.0. The van der Waals surface area contributed by atoms with E-state index in [9.17, 15) is 4.79 Å². The Balaban J connectivity index is 2.19. The number of nitrogen functional groups attached to an aromatic ring is 1. The van der Waals surface area contributed by atoms with Gasteiger partial charge in [-0.25, -0.2) is 0 Å². The highest BCUT2D eigenvalue weighted by Gasteiger charge is 2.14. The average Bonchev–Trinajstić information content (AvgIpc) is 2.49. The Hall–Kier alpha value is -2.80. The summed E-state index contributed by atoms with van der Waals surface area (Å²) in [6.07, 6.45) is 0. The molecule has 0 radical (unpaired) electrons. The van der Waals surface area contributed by atoms with Gasteiger partial charge in [-0.1, -0.05) is 18.2 Å². The predicted octanol–water partition coefficient (Wildman–Crippen LogP) is 2.72. The van der Waals surface area contributed by atoms with Crippen molar-refractivity contribution in [3.8, 4) is 6.07 Å². The minimum absolute atomic E-state index is 0.0813. The van der Waals surface area contributed by atoms with Crippen molar-refractivity contribution < 1.29 is 4.79 Å². The maximum atomic E-state index is 12.5. The van der Waals surface area contributed by atoms with Gasteiger partial charge in [0.25, 0.3) is 5.91 Å². The van der Waals surface area contributed by atoms with Crippen molar-refractivity contribution in [2.24, 2.45) is 0 Å². The maximum absolute atomic E-state index is 12.5. The zero-order valence-corrected chi connectivity index (χ0v) is 12.1. The van der Waals surface area contributed by atoms with Crippen LogP contribution in [0.25, 0.3) is 0 Å². The molecule has 2 rings (SSSR count). The number of amides is 1. The zero-order chi connectivity index (χ0) is 15.4. The van der Waals surface area contributed by atoms with Crippen LogP contribution in [0.2, 0.25) is 0 Å². The van der Waals surface area contributed by atoms with Gasteiger partial charge in [-0.15, -0.1) is 0 Å². The van der Waals surface area contributed by atoms with Crippen molar-refractivity contribution in [1.29, 1.82) is 5.26 Å². The molecule has 0 heterocycles. The van der Waals surface area contributed by atoms with Gasteiger partial charge in [0.15, 0.2) is 0 Å². The molecule has 2 N–H and O–H groups in total. The monoisotopic (exact) mass is 279 g/mol. The number of nitriles is 1. The SMILES string of the molecule is Cc1ccc(N)cc1C(=O)N(C)Cc1cccc(C#N)c1. The lowest BCUT2D eigenvalue weighted by molar-refractivity contribution is 0.0784. The van der Waals surface area contributed by atoms with E-state index in [2.05, 4.69) is 6.07 Å². The molecule has 0 fully saturated rings. The van der Waals surface area contributed by atoms with E-state index in [1.807, 2.05) is 25.1 Å². The number of carbonyl (C=O) groups is 1. The molecule has 0 atom stereocenters. The number of rotatable bonds is 3. The number of carbonyl (C=O) groups excluding carboxylic acids is 1. The number of nitrogens with zero attached hydrogens (tertiary/aromatic N) is 2. The van der Waals surface area contributed by atoms with Crippen LogP contribution in [0.4, 0.5) is 5.69 Å². The van der Waals surface area contributed by atoms with E-state index in [0.717, 1.165) is 11.1 Å². The van der Waals surface area contributed by atoms with Gasteiger partial charge in [0.1, 0.15) is 0 Å². The van der Waals surface area contributed by atoms with Crippen LogP contribution < -0.4 is 5.73 Å². The maximum Gasteiger partial charge on any atom is 0.254 e. The molecule has 106 valence electrons. The van der Waals surface area contributed by atoms with Gasteiger partial charge < -0.3 is 10.6 Å². The molecule has 4 heteroatoms. The first kappa shape index (κ1) is 14.6. The molecular formula is C17H17N3O. The summed E-state index contributed by atoms with van der Waals surface area (Å²) in [5.41, 5.74) is 9.34. The standard InChI is InChI=1S/C17H17N3O/c1-12-6-7-15(19)9-16(12)17(21)20(2)11-14-5-3-4-13(8-14)10-18/h3-9H,11,19H2,1-2H3. The highest BCUT2D eigenvalue weighted by molar-refractivity contribution is 5.96. The van der Waals surface area contributed by atoms with Gasteiger partial charge >= 0.3 is 0 Å². The fourth-order valence-electron chi connectivity index (χ4n) is 2.16. The molecule has 2 aromatic rings. The van der Waals surface area contributed by atoms with Gasteiger partial charge in [0, 0.05) is 24.8 Å². The van der Waals surface area contributed by atoms with E-state index < -0.39 is 0 Å². The number of nitrogens with two attached hydrogens (primary N) is 1. The van der Waals surface area contributed by atoms with E-state index in [1.54, 1.807) is 36.2 Å². The quantitative estimate of drug-likeness (QED) is 0.878. The summed E-state index contributed by atoms with van der Waals surface area (Å²) < 4.78 is 0. The van der Waals surface area contributed by atoms with E-state index >= 15 is 0 Å². The molecule has 21 heavy (non-hydrogen) atoms. The van der Waals surface area contributed by atoms with Crippen LogP contribution in [0.5, 0.6) is 0 Å². The van der Waals surface area contributed by atoms with Crippen molar-refractivity contribution in [3.63, 3.8) is 0 Å². The number of benzene rings is 2. The third-order valence-corrected chi connectivity index (χ3v) is 3.31. The second-order valence-corrected chi connectivity index (χ2v) is 5.05. The van der Waals surface area contributed by atoms with Gasteiger partial charge in [-0.3, -0.25) is 4.79 Å². The first-order valence-corrected chi connectivity index (χ1v) is 6.62. The van der Waals surface area contributed by atoms with Crippen molar-refractivity contribution in [1.82, 2.24) is 4.90 Å². The van der Waals surface area contributed by atoms with Gasteiger partial charge in [0.05, 0.1) is 11.6 Å². The lowest BCUT2D eigenvalue weighted by atomic mass is 10.1. The molecule has 0 aromatic heterocycles. The largest absolute Gasteiger partial charge is 0.399 e. The molecule has 2 aromatic carbocycles. The van der Waals surface area contributed by atoms with E-state index in [4.69, 9.17) is 11.0 Å². The van der Waals surface area contributed by atoms with Crippen LogP contribution in [-0.2, 0) is 6.54 Å². The van der Waals surface area contributed by atoms with Crippen molar-refractivity contribution in [3.05, 3.63) is 64.7 Å². The Labute approximate surface area is 124 Å². The van der Waals surface area contributed by atoms with Crippen LogP contribution in [0.1, 0.15) is 27.0 Å². The summed E-state index contributed by atoms with van der Waals surface area (Å²) in [4.78, 5) is 14.1. The predicted molar refractivity (Wildman–Crippen MR) is 82.5 cm³/mol. The molecular weight excluding hydrogens is 262 g/mol. The van der Waals surface area contributed by atoms with Gasteiger partial charge in [-0.2, -0.15) is 5.26 Å². The lowest BCUT2D eigenvalue weighted by Crippen LogP contribution is -2.27. The van der Waals surface area contributed by atoms with Crippen LogP contribution in [-0.4, -0.2) is 17.9 Å². The van der Waals surface area contributed by atoms with E-state index in [-0.39, 0.29) is 5.91 Å². The van der Waals surface area contributed by atoms with Crippen LogP contribution in [0.3, 0.4) is 0 Å². The van der Waals surface area contributed by atoms with E-state index in [1.165, 1.54) is 0 Å². The fraction of sp³-hybridized carbons (Fsp3) is 0.176. The number of hydrogen-bond acceptors (Lipinski definition) is 3. The third kappa shape index (κ3) is 3.40. The summed E-state index contributed by atoms with van der Waals surface area (Å²) >= 11 is 0. The fourth-order valence-corrected chi connectivity index (χ4v) is 2.16. The molecule has 0 aliphatic heterocycles. The first-order valence-electron chi connectivity index (χ1n) is 6.62. The van der Waals surface area contributed by atoms with Crippen LogP contribution >= 0.6 is 0 Å². The highest BCUT2D eigenvalue weighted by atomic mass is 16.2. The zero-order valence-electron chi connectivity index (χ0n) is 12.1. The number of anilines is 1. The second-order valence-electron chi connectivity index (χ2n) is 5.05. The lowest BCUT2D eigenvalue weighted by Gasteiger charge is -2.19. The van der Waals surface area contributed by atoms with E-state index in [0.29, 0.717) is 23.4 Å². The van der Waals surface area contributed by atoms with Gasteiger partial charge in [-0.05, 0) is 42.3 Å². The highest BCUT2D eigenvalue weighted by Crippen LogP contribution is 2.16. The van der Waals surface area contributed by atoms with Gasteiger partial charge in [0.2, 0.25) is 0 Å². The molecule has 0 spiro atoms. The Morgan fingerprint density at radius 2 is 2.05 bits per heavy atom. The Bertz CT molecular complexity index is 716. The summed E-state index contributed by atoms with van der Waals surface area (Å²) in [5, 5.41) is 8.91. The minimum Gasteiger partial charge on any atom is -0.399 e. The van der Waals surface area contributed by atoms with Crippen LogP contribution in [0, 0.1) is 18.3 Å². The average molecular weight is 279 g/mol. The van der Waals surface area contributed by atoms with Crippen molar-refractivity contribution in [2.45, 2.75) is 13.5 Å². The smallest absolute Gasteiger partial charge is 0.254 e. The molecule has 0 saturated carbocycles. The summed E-state index contributed by atoms with van der Waals surface area (Å²) in [7, 11) is 1.74. The van der Waals surface area contributed by atoms with Crippen molar-refractivity contribution in [2.75, 3.05) is 12.8 Å². The summed E-state index contributed by atoms with van der Waals surface area (Å²) in [6.45, 7) is 2.33. The summed E-state index contributed by atoms with van der Waals surface area (Å²) in [6, 6.07) is 14.7. The third-order valence-electron chi connectivity index (χ3n) is 3.31. The molecule has 0 bridgehead atoms. The molecule has 0 aliphatic rings. The Morgan fingerprint density at radius 3 is 2.76 bits per heavy atom. The molecule has 0 aliphatic carbocycles. The number of aryl methyl sites for hydroxylation is 1. The molecule has 4 nitrogen and oxygen atoms in total. The molecule has 1 amide bonds. The summed E-state index contributed by atoms with van der Waals surface area (Å²) in [5.74, 6) is -0.0813. The number of hydrogen-bond donors (Lipinski definition) is 1. The topological polar surface area (TPSA) is 70.1 Å². The Morgan fingerprint density at radius 1 is 1.29 bits per heavy atom. The van der Waals surface area contributed by atoms with Crippen molar-refractivity contribution >= 4 is 11.6 Å². The normalized spacial score (nSPS) is 9.95. The molecule has 0 saturated heterocycles. The Kier molecular flexibility index (Phi) is 4.24. The second kappa shape index (κ2) is 6.10.